The lowest BCUT2D eigenvalue weighted by Crippen LogP contribution is -2.45. The van der Waals surface area contributed by atoms with E-state index in [0.29, 0.717) is 12.4 Å². The molecule has 0 radical (unpaired) electrons. The van der Waals surface area contributed by atoms with Gasteiger partial charge in [-0.15, -0.1) is 10.2 Å². The van der Waals surface area contributed by atoms with Crippen LogP contribution in [0.15, 0.2) is 24.3 Å². The monoisotopic (exact) mass is 328 g/mol. The van der Waals surface area contributed by atoms with Gasteiger partial charge in [0.2, 0.25) is 11.7 Å². The predicted molar refractivity (Wildman–Crippen MR) is 91.0 cm³/mol. The maximum absolute atomic E-state index is 12.4. The molecule has 2 aromatic rings. The Labute approximate surface area is 141 Å². The highest BCUT2D eigenvalue weighted by Crippen LogP contribution is 2.15. The first-order valence-electron chi connectivity index (χ1n) is 8.58. The molecule has 0 unspecified atom stereocenters. The van der Waals surface area contributed by atoms with Gasteiger partial charge < -0.3 is 5.32 Å². The fourth-order valence-electron chi connectivity index (χ4n) is 3.04. The van der Waals surface area contributed by atoms with E-state index in [1.807, 2.05) is 31.2 Å². The van der Waals surface area contributed by atoms with E-state index < -0.39 is 0 Å². The summed E-state index contributed by atoms with van der Waals surface area (Å²) < 4.78 is 0. The Bertz CT molecular complexity index is 632. The zero-order chi connectivity index (χ0) is 16.8. The number of tetrazole rings is 1. The number of nitrogens with one attached hydrogen (secondary N) is 2. The molecule has 0 spiro atoms. The smallest absolute Gasteiger partial charge is 0.237 e. The molecule has 1 aromatic carbocycles. The molecular formula is C17H24N6O. The number of hydrogen-bond donors (Lipinski definition) is 2. The number of carbonyl (C=O) groups is 1. The third-order valence-electron chi connectivity index (χ3n) is 4.59. The van der Waals surface area contributed by atoms with E-state index >= 15 is 0 Å². The second-order valence-corrected chi connectivity index (χ2v) is 6.28. The molecule has 0 bridgehead atoms. The van der Waals surface area contributed by atoms with Crippen LogP contribution < -0.4 is 5.32 Å². The van der Waals surface area contributed by atoms with Crippen molar-refractivity contribution in [1.82, 2.24) is 30.8 Å². The molecule has 0 aliphatic carbocycles. The maximum atomic E-state index is 12.4. The van der Waals surface area contributed by atoms with Crippen LogP contribution in [0, 0.1) is 0 Å². The molecule has 1 aromatic heterocycles. The molecule has 2 N–H and O–H groups in total. The summed E-state index contributed by atoms with van der Waals surface area (Å²) in [5.41, 5.74) is 1.95. The average Bonchev–Trinajstić information content (AvgIpc) is 3.02. The maximum Gasteiger partial charge on any atom is 0.237 e. The van der Waals surface area contributed by atoms with Crippen LogP contribution in [-0.4, -0.2) is 50.6 Å². The average molecular weight is 328 g/mol. The number of benzene rings is 1. The van der Waals surface area contributed by atoms with Crippen LogP contribution in [0.5, 0.6) is 0 Å². The molecule has 1 aliphatic rings. The van der Waals surface area contributed by atoms with Gasteiger partial charge in [-0.25, -0.2) is 0 Å². The van der Waals surface area contributed by atoms with Crippen molar-refractivity contribution in [3.63, 3.8) is 0 Å². The second-order valence-electron chi connectivity index (χ2n) is 6.28. The molecule has 1 fully saturated rings. The third kappa shape index (κ3) is 4.17. The summed E-state index contributed by atoms with van der Waals surface area (Å²) in [6.45, 7) is 4.57. The zero-order valence-corrected chi connectivity index (χ0v) is 14.0. The molecule has 1 amide bonds. The number of amides is 1. The first-order chi connectivity index (χ1) is 11.7. The molecular weight excluding hydrogens is 304 g/mol. The van der Waals surface area contributed by atoms with E-state index in [9.17, 15) is 4.79 Å². The standard InChI is InChI=1S/C17H24N6O/c1-13(23-10-4-2-3-5-11-23)17(24)18-12-14-6-8-15(9-7-14)16-19-21-22-20-16/h6-9,13H,2-5,10-12H2,1H3,(H,18,24)(H,19,20,21,22)/t13-/m0/s1. The van der Waals surface area contributed by atoms with Crippen LogP contribution in [-0.2, 0) is 11.3 Å². The molecule has 24 heavy (non-hydrogen) atoms. The number of aromatic nitrogens is 4. The number of carbonyl (C=O) groups excluding carboxylic acids is 1. The number of H-pyrrole nitrogens is 1. The van der Waals surface area contributed by atoms with Gasteiger partial charge in [-0.1, -0.05) is 37.1 Å². The van der Waals surface area contributed by atoms with Crippen molar-refractivity contribution in [2.45, 2.75) is 45.2 Å². The number of hydrogen-bond acceptors (Lipinski definition) is 5. The summed E-state index contributed by atoms with van der Waals surface area (Å²) in [6.07, 6.45) is 4.93. The molecule has 128 valence electrons. The summed E-state index contributed by atoms with van der Waals surface area (Å²) in [5, 5.41) is 16.9. The van der Waals surface area contributed by atoms with Gasteiger partial charge in [-0.05, 0) is 43.6 Å². The summed E-state index contributed by atoms with van der Waals surface area (Å²) in [6, 6.07) is 7.75. The molecule has 7 heteroatoms. The van der Waals surface area contributed by atoms with Gasteiger partial charge in [0.1, 0.15) is 0 Å². The van der Waals surface area contributed by atoms with Gasteiger partial charge in [0.25, 0.3) is 0 Å². The number of nitrogens with zero attached hydrogens (tertiary/aromatic N) is 4. The lowest BCUT2D eigenvalue weighted by atomic mass is 10.1. The lowest BCUT2D eigenvalue weighted by Gasteiger charge is -2.26. The molecule has 1 saturated heterocycles. The number of rotatable bonds is 5. The van der Waals surface area contributed by atoms with Gasteiger partial charge >= 0.3 is 0 Å². The van der Waals surface area contributed by atoms with Gasteiger partial charge in [0.15, 0.2) is 0 Å². The third-order valence-corrected chi connectivity index (χ3v) is 4.59. The minimum absolute atomic E-state index is 0.0679. The van der Waals surface area contributed by atoms with Crippen molar-refractivity contribution >= 4 is 5.91 Å². The van der Waals surface area contributed by atoms with E-state index in [2.05, 4.69) is 30.8 Å². The molecule has 1 atom stereocenters. The van der Waals surface area contributed by atoms with Crippen LogP contribution >= 0.6 is 0 Å². The van der Waals surface area contributed by atoms with Crippen LogP contribution in [0.25, 0.3) is 11.4 Å². The van der Waals surface area contributed by atoms with E-state index in [4.69, 9.17) is 0 Å². The highest BCUT2D eigenvalue weighted by molar-refractivity contribution is 5.81. The van der Waals surface area contributed by atoms with Crippen molar-refractivity contribution in [3.8, 4) is 11.4 Å². The van der Waals surface area contributed by atoms with Gasteiger partial charge in [0.05, 0.1) is 6.04 Å². The Morgan fingerprint density at radius 1 is 1.21 bits per heavy atom. The lowest BCUT2D eigenvalue weighted by molar-refractivity contribution is -0.126. The SMILES string of the molecule is C[C@@H](C(=O)NCc1ccc(-c2nn[nH]n2)cc1)N1CCCCCC1. The zero-order valence-electron chi connectivity index (χ0n) is 14.0. The van der Waals surface area contributed by atoms with E-state index in [-0.39, 0.29) is 11.9 Å². The molecule has 7 nitrogen and oxygen atoms in total. The number of aromatic amines is 1. The molecule has 1 aliphatic heterocycles. The Morgan fingerprint density at radius 2 is 1.92 bits per heavy atom. The Kier molecular flexibility index (Phi) is 5.53. The van der Waals surface area contributed by atoms with Crippen LogP contribution in [0.2, 0.25) is 0 Å². The van der Waals surface area contributed by atoms with E-state index in [1.54, 1.807) is 0 Å². The Hall–Kier alpha value is -2.28. The summed E-state index contributed by atoms with van der Waals surface area (Å²) >= 11 is 0. The summed E-state index contributed by atoms with van der Waals surface area (Å²) in [5.74, 6) is 0.666. The van der Waals surface area contributed by atoms with Crippen molar-refractivity contribution in [2.24, 2.45) is 0 Å². The van der Waals surface area contributed by atoms with Crippen molar-refractivity contribution in [3.05, 3.63) is 29.8 Å². The van der Waals surface area contributed by atoms with Crippen LogP contribution in [0.3, 0.4) is 0 Å². The Morgan fingerprint density at radius 3 is 2.54 bits per heavy atom. The molecule has 3 rings (SSSR count). The van der Waals surface area contributed by atoms with Crippen molar-refractivity contribution in [1.29, 1.82) is 0 Å². The fraction of sp³-hybridized carbons (Fsp3) is 0.529. The fourth-order valence-corrected chi connectivity index (χ4v) is 3.04. The highest BCUT2D eigenvalue weighted by Gasteiger charge is 2.21. The molecule has 2 heterocycles. The van der Waals surface area contributed by atoms with Crippen molar-refractivity contribution < 1.29 is 4.79 Å². The van der Waals surface area contributed by atoms with E-state index in [1.165, 1.54) is 25.7 Å². The first kappa shape index (κ1) is 16.6. The van der Waals surface area contributed by atoms with Gasteiger partial charge in [-0.2, -0.15) is 5.21 Å². The van der Waals surface area contributed by atoms with Crippen molar-refractivity contribution in [2.75, 3.05) is 13.1 Å². The number of likely N-dealkylation sites (tertiary alicyclic amines) is 1. The minimum atomic E-state index is -0.0679. The quantitative estimate of drug-likeness (QED) is 0.873. The normalized spacial score (nSPS) is 17.2. The molecule has 0 saturated carbocycles. The highest BCUT2D eigenvalue weighted by atomic mass is 16.2. The van der Waals surface area contributed by atoms with Crippen LogP contribution in [0.4, 0.5) is 0 Å². The minimum Gasteiger partial charge on any atom is -0.351 e. The van der Waals surface area contributed by atoms with E-state index in [0.717, 1.165) is 24.2 Å². The topological polar surface area (TPSA) is 86.8 Å². The van der Waals surface area contributed by atoms with Gasteiger partial charge in [-0.3, -0.25) is 9.69 Å². The Balaban J connectivity index is 1.52. The largest absolute Gasteiger partial charge is 0.351 e. The second kappa shape index (κ2) is 8.01. The van der Waals surface area contributed by atoms with Gasteiger partial charge in [0, 0.05) is 12.1 Å². The first-order valence-corrected chi connectivity index (χ1v) is 8.58. The summed E-state index contributed by atoms with van der Waals surface area (Å²) in [7, 11) is 0. The van der Waals surface area contributed by atoms with Crippen LogP contribution in [0.1, 0.15) is 38.2 Å². The summed E-state index contributed by atoms with van der Waals surface area (Å²) in [4.78, 5) is 14.7. The predicted octanol–water partition coefficient (Wildman–Crippen LogP) is 1.75.